The normalized spacial score (nSPS) is 10.2. The van der Waals surface area contributed by atoms with E-state index in [-0.39, 0.29) is 12.3 Å². The summed E-state index contributed by atoms with van der Waals surface area (Å²) in [4.78, 5) is 14.5. The van der Waals surface area contributed by atoms with Crippen LogP contribution in [0.25, 0.3) is 0 Å². The second-order valence-electron chi connectivity index (χ2n) is 3.11. The SMILES string of the molecule is O=C(O)c1cc(COc2cncc(Br)c2)on1. The third kappa shape index (κ3) is 3.04. The fourth-order valence-electron chi connectivity index (χ4n) is 1.11. The van der Waals surface area contributed by atoms with Gasteiger partial charge in [-0.2, -0.15) is 0 Å². The minimum atomic E-state index is -1.14. The van der Waals surface area contributed by atoms with E-state index < -0.39 is 5.97 Å². The third-order valence-electron chi connectivity index (χ3n) is 1.84. The fraction of sp³-hybridized carbons (Fsp3) is 0.100. The zero-order valence-corrected chi connectivity index (χ0v) is 10.0. The molecule has 6 nitrogen and oxygen atoms in total. The predicted octanol–water partition coefficient (Wildman–Crippen LogP) is 2.11. The Hall–Kier alpha value is -1.89. The average molecular weight is 299 g/mol. The molecule has 7 heteroatoms. The molecule has 1 N–H and O–H groups in total. The van der Waals surface area contributed by atoms with Crippen molar-refractivity contribution in [1.29, 1.82) is 0 Å². The second-order valence-corrected chi connectivity index (χ2v) is 4.03. The van der Waals surface area contributed by atoms with Gasteiger partial charge in [-0.1, -0.05) is 5.16 Å². The number of aromatic nitrogens is 2. The van der Waals surface area contributed by atoms with Crippen LogP contribution in [-0.4, -0.2) is 21.2 Å². The number of carbonyl (C=O) groups is 1. The average Bonchev–Trinajstić information content (AvgIpc) is 2.75. The van der Waals surface area contributed by atoms with E-state index in [1.165, 1.54) is 6.07 Å². The molecule has 0 saturated carbocycles. The number of aromatic carboxylic acids is 1. The van der Waals surface area contributed by atoms with E-state index in [1.54, 1.807) is 18.5 Å². The molecule has 0 aromatic carbocycles. The third-order valence-corrected chi connectivity index (χ3v) is 2.27. The van der Waals surface area contributed by atoms with E-state index >= 15 is 0 Å². The summed E-state index contributed by atoms with van der Waals surface area (Å²) in [6, 6.07) is 3.05. The second kappa shape index (κ2) is 4.96. The largest absolute Gasteiger partial charge is 0.484 e. The molecule has 0 aliphatic carbocycles. The molecule has 0 unspecified atom stereocenters. The van der Waals surface area contributed by atoms with Crippen molar-refractivity contribution in [3.05, 3.63) is 40.5 Å². The summed E-state index contributed by atoms with van der Waals surface area (Å²) in [6.07, 6.45) is 3.17. The summed E-state index contributed by atoms with van der Waals surface area (Å²) in [5.74, 6) is -0.251. The minimum Gasteiger partial charge on any atom is -0.484 e. The van der Waals surface area contributed by atoms with Crippen LogP contribution in [0.3, 0.4) is 0 Å². The summed E-state index contributed by atoms with van der Waals surface area (Å²) >= 11 is 3.26. The number of hydrogen-bond donors (Lipinski definition) is 1. The number of nitrogens with zero attached hydrogens (tertiary/aromatic N) is 2. The molecule has 17 heavy (non-hydrogen) atoms. The fourth-order valence-corrected chi connectivity index (χ4v) is 1.45. The van der Waals surface area contributed by atoms with Crippen molar-refractivity contribution in [3.63, 3.8) is 0 Å². The summed E-state index contributed by atoms with van der Waals surface area (Å²) in [7, 11) is 0. The highest BCUT2D eigenvalue weighted by molar-refractivity contribution is 9.10. The number of halogens is 1. The van der Waals surface area contributed by atoms with Gasteiger partial charge in [-0.25, -0.2) is 4.79 Å². The van der Waals surface area contributed by atoms with Crippen molar-refractivity contribution in [2.75, 3.05) is 0 Å². The van der Waals surface area contributed by atoms with Crippen LogP contribution in [0.2, 0.25) is 0 Å². The number of carboxylic acid groups (broad SMARTS) is 1. The van der Waals surface area contributed by atoms with E-state index in [0.717, 1.165) is 4.47 Å². The number of ether oxygens (including phenoxy) is 1. The number of rotatable bonds is 4. The maximum Gasteiger partial charge on any atom is 0.358 e. The van der Waals surface area contributed by atoms with Crippen LogP contribution in [0, 0.1) is 0 Å². The summed E-state index contributed by atoms with van der Waals surface area (Å²) in [6.45, 7) is 0.0956. The van der Waals surface area contributed by atoms with Crippen molar-refractivity contribution in [2.24, 2.45) is 0 Å². The van der Waals surface area contributed by atoms with Crippen LogP contribution >= 0.6 is 15.9 Å². The van der Waals surface area contributed by atoms with E-state index in [9.17, 15) is 4.79 Å². The summed E-state index contributed by atoms with van der Waals surface area (Å²) in [5.41, 5.74) is -0.143. The lowest BCUT2D eigenvalue weighted by Gasteiger charge is -2.02. The molecular formula is C10H7BrN2O4. The van der Waals surface area contributed by atoms with Gasteiger partial charge in [-0.15, -0.1) is 0 Å². The highest BCUT2D eigenvalue weighted by Gasteiger charge is 2.10. The van der Waals surface area contributed by atoms with Crippen LogP contribution in [0.5, 0.6) is 5.75 Å². The zero-order valence-electron chi connectivity index (χ0n) is 8.46. The molecule has 0 atom stereocenters. The highest BCUT2D eigenvalue weighted by Crippen LogP contribution is 2.17. The molecular weight excluding hydrogens is 292 g/mol. The maximum atomic E-state index is 10.6. The Morgan fingerprint density at radius 1 is 1.47 bits per heavy atom. The van der Waals surface area contributed by atoms with Gasteiger partial charge in [-0.3, -0.25) is 4.98 Å². The van der Waals surface area contributed by atoms with Gasteiger partial charge in [0.25, 0.3) is 0 Å². The summed E-state index contributed by atoms with van der Waals surface area (Å²) < 4.78 is 10.9. The van der Waals surface area contributed by atoms with Gasteiger partial charge in [0.05, 0.1) is 6.20 Å². The first-order chi connectivity index (χ1) is 8.15. The first-order valence-electron chi connectivity index (χ1n) is 4.57. The molecule has 2 aromatic heterocycles. The molecule has 0 bridgehead atoms. The molecule has 88 valence electrons. The highest BCUT2D eigenvalue weighted by atomic mass is 79.9. The molecule has 0 aliphatic heterocycles. The van der Waals surface area contributed by atoms with Crippen molar-refractivity contribution in [1.82, 2.24) is 10.1 Å². The number of carboxylic acids is 1. The van der Waals surface area contributed by atoms with Gasteiger partial charge in [-0.05, 0) is 22.0 Å². The molecule has 0 amide bonds. The first kappa shape index (κ1) is 11.6. The molecule has 0 aliphatic rings. The maximum absolute atomic E-state index is 10.6. The van der Waals surface area contributed by atoms with E-state index in [2.05, 4.69) is 26.1 Å². The Labute approximate surface area is 104 Å². The standard InChI is InChI=1S/C10H7BrN2O4/c11-6-1-7(4-12-3-6)16-5-8-2-9(10(14)15)13-17-8/h1-4H,5H2,(H,14,15). The van der Waals surface area contributed by atoms with Gasteiger partial charge in [0.2, 0.25) is 0 Å². The van der Waals surface area contributed by atoms with Crippen LogP contribution in [0.15, 0.2) is 33.5 Å². The Balaban J connectivity index is 2.00. The molecule has 0 saturated heterocycles. The topological polar surface area (TPSA) is 85.5 Å². The van der Waals surface area contributed by atoms with Crippen LogP contribution in [-0.2, 0) is 6.61 Å². The first-order valence-corrected chi connectivity index (χ1v) is 5.36. The number of pyridine rings is 1. The van der Waals surface area contributed by atoms with Crippen LogP contribution < -0.4 is 4.74 Å². The molecule has 2 rings (SSSR count). The van der Waals surface area contributed by atoms with E-state index in [4.69, 9.17) is 14.4 Å². The Morgan fingerprint density at radius 2 is 2.29 bits per heavy atom. The monoisotopic (exact) mass is 298 g/mol. The number of hydrogen-bond acceptors (Lipinski definition) is 5. The van der Waals surface area contributed by atoms with Gasteiger partial charge < -0.3 is 14.4 Å². The van der Waals surface area contributed by atoms with Gasteiger partial charge >= 0.3 is 5.97 Å². The summed E-state index contributed by atoms with van der Waals surface area (Å²) in [5, 5.41) is 12.0. The molecule has 0 fully saturated rings. The smallest absolute Gasteiger partial charge is 0.358 e. The zero-order chi connectivity index (χ0) is 12.3. The van der Waals surface area contributed by atoms with E-state index in [0.29, 0.717) is 11.5 Å². The van der Waals surface area contributed by atoms with E-state index in [1.807, 2.05) is 0 Å². The van der Waals surface area contributed by atoms with Crippen molar-refractivity contribution in [2.45, 2.75) is 6.61 Å². The lowest BCUT2D eigenvalue weighted by atomic mass is 10.4. The molecule has 0 spiro atoms. The lowest BCUT2D eigenvalue weighted by molar-refractivity contribution is 0.0685. The Morgan fingerprint density at radius 3 is 2.94 bits per heavy atom. The molecule has 2 heterocycles. The van der Waals surface area contributed by atoms with Crippen LogP contribution in [0.4, 0.5) is 0 Å². The molecule has 2 aromatic rings. The lowest BCUT2D eigenvalue weighted by Crippen LogP contribution is -1.96. The minimum absolute atomic E-state index is 0.0956. The Kier molecular flexibility index (Phi) is 3.38. The predicted molar refractivity (Wildman–Crippen MR) is 59.7 cm³/mol. The quantitative estimate of drug-likeness (QED) is 0.930. The van der Waals surface area contributed by atoms with Crippen molar-refractivity contribution >= 4 is 21.9 Å². The van der Waals surface area contributed by atoms with Crippen molar-refractivity contribution < 1.29 is 19.2 Å². The van der Waals surface area contributed by atoms with Gasteiger partial charge in [0.1, 0.15) is 12.4 Å². The van der Waals surface area contributed by atoms with Gasteiger partial charge in [0, 0.05) is 16.7 Å². The van der Waals surface area contributed by atoms with Crippen LogP contribution in [0.1, 0.15) is 16.2 Å². The van der Waals surface area contributed by atoms with Crippen molar-refractivity contribution in [3.8, 4) is 5.75 Å². The molecule has 0 radical (unpaired) electrons. The van der Waals surface area contributed by atoms with Gasteiger partial charge in [0.15, 0.2) is 11.5 Å². The Bertz CT molecular complexity index is 541.